The monoisotopic (exact) mass is 307 g/mol. The second-order valence-electron chi connectivity index (χ2n) is 4.43. The fourth-order valence-electron chi connectivity index (χ4n) is 1.66. The summed E-state index contributed by atoms with van der Waals surface area (Å²) in [5.74, 6) is -0.988. The average molecular weight is 307 g/mol. The highest BCUT2D eigenvalue weighted by Crippen LogP contribution is 2.30. The van der Waals surface area contributed by atoms with E-state index in [2.05, 4.69) is 4.74 Å². The van der Waals surface area contributed by atoms with Gasteiger partial charge in [-0.25, -0.2) is 4.79 Å². The number of hydrogen-bond donors (Lipinski definition) is 1. The SMILES string of the molecule is CO[C@@](C)(N=[P+]([O-])Oc1ccc2ccccc2c1)C(=O)O. The molecule has 0 radical (unpaired) electrons. The van der Waals surface area contributed by atoms with Gasteiger partial charge in [-0.2, -0.15) is 0 Å². The number of carbonyl (C=O) groups is 1. The van der Waals surface area contributed by atoms with Crippen LogP contribution >= 0.6 is 8.17 Å². The molecule has 7 heteroatoms. The second-order valence-corrected chi connectivity index (χ2v) is 5.29. The third-order valence-corrected chi connectivity index (χ3v) is 3.88. The van der Waals surface area contributed by atoms with Crippen molar-refractivity contribution in [1.82, 2.24) is 0 Å². The third-order valence-electron chi connectivity index (χ3n) is 2.97. The van der Waals surface area contributed by atoms with Gasteiger partial charge < -0.3 is 14.7 Å². The van der Waals surface area contributed by atoms with Crippen LogP contribution in [0.5, 0.6) is 5.75 Å². The molecule has 0 aliphatic rings. The van der Waals surface area contributed by atoms with Crippen LogP contribution in [0.2, 0.25) is 0 Å². The van der Waals surface area contributed by atoms with Gasteiger partial charge in [0.05, 0.1) is 0 Å². The molecule has 2 atom stereocenters. The zero-order chi connectivity index (χ0) is 15.5. The van der Waals surface area contributed by atoms with E-state index in [1.54, 1.807) is 12.1 Å². The van der Waals surface area contributed by atoms with Crippen LogP contribution in [0, 0.1) is 0 Å². The second kappa shape index (κ2) is 6.18. The van der Waals surface area contributed by atoms with Crippen molar-refractivity contribution in [3.8, 4) is 5.75 Å². The first-order valence-corrected chi connectivity index (χ1v) is 7.23. The molecule has 0 amide bonds. The smallest absolute Gasteiger partial charge is 0.398 e. The minimum Gasteiger partial charge on any atom is -0.575 e. The number of carboxylic acids is 1. The Bertz CT molecular complexity index is 703. The van der Waals surface area contributed by atoms with Crippen LogP contribution < -0.4 is 9.42 Å². The molecule has 6 nitrogen and oxygen atoms in total. The van der Waals surface area contributed by atoms with Crippen LogP contribution in [0.1, 0.15) is 6.92 Å². The molecule has 21 heavy (non-hydrogen) atoms. The molecule has 2 aromatic carbocycles. The van der Waals surface area contributed by atoms with Crippen molar-refractivity contribution in [3.63, 3.8) is 0 Å². The van der Waals surface area contributed by atoms with Crippen molar-refractivity contribution >= 4 is 24.9 Å². The van der Waals surface area contributed by atoms with Crippen LogP contribution in [0.15, 0.2) is 47.2 Å². The molecule has 0 saturated carbocycles. The minimum atomic E-state index is -2.57. The molecule has 1 unspecified atom stereocenters. The summed E-state index contributed by atoms with van der Waals surface area (Å²) in [6, 6.07) is 12.8. The Balaban J connectivity index is 2.24. The van der Waals surface area contributed by atoms with Gasteiger partial charge >= 0.3 is 14.1 Å². The molecule has 0 spiro atoms. The molecular weight excluding hydrogens is 293 g/mol. The Hall–Kier alpha value is -2.01. The molecule has 0 aromatic heterocycles. The number of benzene rings is 2. The van der Waals surface area contributed by atoms with E-state index in [-0.39, 0.29) is 0 Å². The normalized spacial score (nSPS) is 14.7. The number of hydrogen-bond acceptors (Lipinski definition) is 5. The van der Waals surface area contributed by atoms with Gasteiger partial charge in [0.2, 0.25) is 0 Å². The highest BCUT2D eigenvalue weighted by molar-refractivity contribution is 7.34. The lowest BCUT2D eigenvalue weighted by atomic mass is 10.1. The van der Waals surface area contributed by atoms with Crippen molar-refractivity contribution in [2.24, 2.45) is 4.74 Å². The van der Waals surface area contributed by atoms with Gasteiger partial charge in [0.25, 0.3) is 5.72 Å². The zero-order valence-corrected chi connectivity index (χ0v) is 12.4. The minimum absolute atomic E-state index is 0.349. The number of fused-ring (bicyclic) bond motifs is 1. The van der Waals surface area contributed by atoms with Crippen molar-refractivity contribution < 1.29 is 24.1 Å². The fourth-order valence-corrected chi connectivity index (χ4v) is 2.48. The number of ether oxygens (including phenoxy) is 1. The average Bonchev–Trinajstić information content (AvgIpc) is 2.46. The molecule has 0 heterocycles. The molecule has 0 saturated heterocycles. The van der Waals surface area contributed by atoms with E-state index >= 15 is 0 Å². The van der Waals surface area contributed by atoms with Crippen LogP contribution in [0.3, 0.4) is 0 Å². The van der Waals surface area contributed by atoms with Crippen LogP contribution in [-0.2, 0) is 9.53 Å². The Morgan fingerprint density at radius 3 is 2.57 bits per heavy atom. The predicted molar refractivity (Wildman–Crippen MR) is 77.0 cm³/mol. The standard InChI is InChI=1S/C14H14NO5P/c1-14(19-2,13(16)17)15-21(18)20-12-8-7-10-5-3-4-6-11(10)9-12/h3-9H,1-2H3,(H,16,17)/t14-/m1/s1. The first-order chi connectivity index (χ1) is 9.94. The molecule has 2 rings (SSSR count). The number of aliphatic carboxylic acids is 1. The maximum Gasteiger partial charge on any atom is 0.398 e. The highest BCUT2D eigenvalue weighted by atomic mass is 31.1. The van der Waals surface area contributed by atoms with E-state index in [4.69, 9.17) is 14.4 Å². The Morgan fingerprint density at radius 1 is 1.29 bits per heavy atom. The van der Waals surface area contributed by atoms with E-state index < -0.39 is 19.9 Å². The summed E-state index contributed by atoms with van der Waals surface area (Å²) in [6.07, 6.45) is 0. The lowest BCUT2D eigenvalue weighted by Crippen LogP contribution is -2.34. The summed E-state index contributed by atoms with van der Waals surface area (Å²) in [6.45, 7) is 1.20. The summed E-state index contributed by atoms with van der Waals surface area (Å²) < 4.78 is 13.5. The van der Waals surface area contributed by atoms with E-state index in [1.807, 2.05) is 30.3 Å². The topological polar surface area (TPSA) is 91.2 Å². The molecule has 0 aliphatic heterocycles. The quantitative estimate of drug-likeness (QED) is 0.857. The molecule has 0 fully saturated rings. The fraction of sp³-hybridized carbons (Fsp3) is 0.214. The van der Waals surface area contributed by atoms with Gasteiger partial charge in [-0.15, -0.1) is 0 Å². The lowest BCUT2D eigenvalue weighted by molar-refractivity contribution is -0.175. The Labute approximate surface area is 122 Å². The van der Waals surface area contributed by atoms with E-state index in [0.717, 1.165) is 10.8 Å². The van der Waals surface area contributed by atoms with E-state index in [9.17, 15) is 9.69 Å². The summed E-state index contributed by atoms with van der Waals surface area (Å²) in [4.78, 5) is 22.9. The van der Waals surface area contributed by atoms with E-state index in [0.29, 0.717) is 5.75 Å². The lowest BCUT2D eigenvalue weighted by Gasteiger charge is -2.14. The molecule has 0 aliphatic carbocycles. The van der Waals surface area contributed by atoms with Crippen molar-refractivity contribution in [3.05, 3.63) is 42.5 Å². The molecule has 110 valence electrons. The number of nitrogens with zero attached hydrogens (tertiary/aromatic N) is 1. The van der Waals surface area contributed by atoms with Gasteiger partial charge in [-0.1, -0.05) is 30.3 Å². The predicted octanol–water partition coefficient (Wildman–Crippen LogP) is 2.52. The first-order valence-electron chi connectivity index (χ1n) is 6.10. The van der Waals surface area contributed by atoms with Crippen molar-refractivity contribution in [2.45, 2.75) is 12.6 Å². The van der Waals surface area contributed by atoms with E-state index in [1.165, 1.54) is 14.0 Å². The summed E-state index contributed by atoms with van der Waals surface area (Å²) >= 11 is 0. The Kier molecular flexibility index (Phi) is 4.53. The number of carboxylic acid groups (broad SMARTS) is 1. The zero-order valence-electron chi connectivity index (χ0n) is 11.5. The molecular formula is C14H14NO5P. The highest BCUT2D eigenvalue weighted by Gasteiger charge is 2.37. The van der Waals surface area contributed by atoms with Crippen molar-refractivity contribution in [2.75, 3.05) is 7.11 Å². The number of rotatable bonds is 5. The maximum atomic E-state index is 11.8. The third kappa shape index (κ3) is 3.55. The van der Waals surface area contributed by atoms with Crippen molar-refractivity contribution in [1.29, 1.82) is 0 Å². The number of methoxy groups -OCH3 is 1. The van der Waals surface area contributed by atoms with Gasteiger partial charge in [0, 0.05) is 14.0 Å². The van der Waals surface area contributed by atoms with Gasteiger partial charge in [-0.05, 0) is 27.7 Å². The van der Waals surface area contributed by atoms with Gasteiger partial charge in [0.1, 0.15) is 0 Å². The molecule has 2 aromatic rings. The molecule has 0 bridgehead atoms. The van der Waals surface area contributed by atoms with Gasteiger partial charge in [-0.3, -0.25) is 4.52 Å². The summed E-state index contributed by atoms with van der Waals surface area (Å²) in [5.41, 5.74) is -1.90. The largest absolute Gasteiger partial charge is 0.575 e. The van der Waals surface area contributed by atoms with Crippen LogP contribution in [0.25, 0.3) is 10.8 Å². The summed E-state index contributed by atoms with van der Waals surface area (Å²) in [7, 11) is -1.39. The Morgan fingerprint density at radius 2 is 1.95 bits per heavy atom. The molecule has 1 N–H and O–H groups in total. The van der Waals surface area contributed by atoms with Crippen LogP contribution in [0.4, 0.5) is 0 Å². The first kappa shape index (κ1) is 15.4. The summed E-state index contributed by atoms with van der Waals surface area (Å²) in [5, 5.41) is 10.9. The maximum absolute atomic E-state index is 11.8. The van der Waals surface area contributed by atoms with Crippen LogP contribution in [-0.4, -0.2) is 23.9 Å². The van der Waals surface area contributed by atoms with Gasteiger partial charge in [0.15, 0.2) is 5.75 Å².